The van der Waals surface area contributed by atoms with Gasteiger partial charge in [-0.2, -0.15) is 0 Å². The van der Waals surface area contributed by atoms with E-state index in [1.165, 1.54) is 9.71 Å². The summed E-state index contributed by atoms with van der Waals surface area (Å²) in [6.07, 6.45) is 0. The maximum atomic E-state index is 5.65. The van der Waals surface area contributed by atoms with Crippen LogP contribution in [0.2, 0.25) is 0 Å². The van der Waals surface area contributed by atoms with E-state index in [-0.39, 0.29) is 0 Å². The fourth-order valence-corrected chi connectivity index (χ4v) is 5.13. The minimum atomic E-state index is 0.673. The normalized spacial score (nSPS) is 19.3. The van der Waals surface area contributed by atoms with Crippen molar-refractivity contribution in [3.05, 3.63) is 47.0 Å². The Morgan fingerprint density at radius 1 is 0.828 bits per heavy atom. The van der Waals surface area contributed by atoms with E-state index in [1.54, 1.807) is 31.1 Å². The Morgan fingerprint density at radius 3 is 2.17 bits per heavy atom. The summed E-state index contributed by atoms with van der Waals surface area (Å²) in [5.41, 5.74) is 2.28. The molecule has 4 rings (SSSR count). The van der Waals surface area contributed by atoms with Crippen molar-refractivity contribution < 1.29 is 24.0 Å². The maximum Gasteiger partial charge on any atom is 0.203 e. The summed E-state index contributed by atoms with van der Waals surface area (Å²) in [4.78, 5) is 7.99. The largest absolute Gasteiger partial charge is 0.493 e. The molecule has 1 fully saturated rings. The van der Waals surface area contributed by atoms with E-state index in [9.17, 15) is 0 Å². The van der Waals surface area contributed by atoms with Gasteiger partial charge in [0.1, 0.15) is 44.3 Å². The zero-order chi connectivity index (χ0) is 20.2. The van der Waals surface area contributed by atoms with E-state index in [0.717, 1.165) is 56.1 Å². The van der Waals surface area contributed by atoms with Gasteiger partial charge in [0.05, 0.1) is 37.1 Å². The van der Waals surface area contributed by atoms with Crippen LogP contribution in [0, 0.1) is 0 Å². The van der Waals surface area contributed by atoms with Crippen molar-refractivity contribution in [2.24, 2.45) is 0 Å². The quantitative estimate of drug-likeness (QED) is 0.600. The van der Waals surface area contributed by atoms with Crippen LogP contribution in [0.1, 0.15) is 10.6 Å². The Hall–Kier alpha value is -2.35. The molecule has 7 heteroatoms. The summed E-state index contributed by atoms with van der Waals surface area (Å²) in [5.74, 6) is 2.16. The Labute approximate surface area is 175 Å². The standard InChI is InChI=1S/C22H27N3O3S/c1-26-18-9-8-16(21(27-2)22(18)28-3)14-24-10-12-25(13-11-24)15-20-23-17-6-4-5-7-19(17)29-20/h4-9H,10-15H2,1-3H3/p+2. The number of hydrogen-bond donors (Lipinski definition) is 2. The van der Waals surface area contributed by atoms with Crippen LogP contribution in [0.25, 0.3) is 10.2 Å². The number of quaternary nitrogens is 2. The number of aromatic nitrogens is 1. The average molecular weight is 416 g/mol. The summed E-state index contributed by atoms with van der Waals surface area (Å²) in [5, 5.41) is 1.24. The third-order valence-corrected chi connectivity index (χ3v) is 6.67. The van der Waals surface area contributed by atoms with E-state index in [0.29, 0.717) is 11.5 Å². The van der Waals surface area contributed by atoms with Crippen molar-refractivity contribution in [1.82, 2.24) is 4.98 Å². The summed E-state index contributed by atoms with van der Waals surface area (Å²) in [6.45, 7) is 6.53. The van der Waals surface area contributed by atoms with Gasteiger partial charge in [0.25, 0.3) is 0 Å². The lowest BCUT2D eigenvalue weighted by Crippen LogP contribution is -3.27. The van der Waals surface area contributed by atoms with Crippen LogP contribution in [0.3, 0.4) is 0 Å². The summed E-state index contributed by atoms with van der Waals surface area (Å²) < 4.78 is 17.9. The van der Waals surface area contributed by atoms with E-state index >= 15 is 0 Å². The minimum absolute atomic E-state index is 0.673. The Bertz CT molecular complexity index is 934. The number of hydrogen-bond acceptors (Lipinski definition) is 5. The zero-order valence-electron chi connectivity index (χ0n) is 17.3. The first-order chi connectivity index (χ1) is 14.2. The smallest absolute Gasteiger partial charge is 0.203 e. The van der Waals surface area contributed by atoms with Gasteiger partial charge in [-0.05, 0) is 24.3 Å². The number of piperazine rings is 1. The van der Waals surface area contributed by atoms with Gasteiger partial charge in [-0.3, -0.25) is 0 Å². The summed E-state index contributed by atoms with van der Waals surface area (Å²) in [6, 6.07) is 12.5. The molecule has 1 aromatic heterocycles. The first-order valence-electron chi connectivity index (χ1n) is 10.0. The monoisotopic (exact) mass is 415 g/mol. The van der Waals surface area contributed by atoms with Gasteiger partial charge in [-0.15, -0.1) is 11.3 Å². The highest BCUT2D eigenvalue weighted by molar-refractivity contribution is 7.18. The predicted octanol–water partition coefficient (Wildman–Crippen LogP) is 0.806. The molecular weight excluding hydrogens is 386 g/mol. The van der Waals surface area contributed by atoms with E-state index in [4.69, 9.17) is 19.2 Å². The third-order valence-electron chi connectivity index (χ3n) is 5.63. The van der Waals surface area contributed by atoms with Gasteiger partial charge in [0.2, 0.25) is 5.75 Å². The van der Waals surface area contributed by atoms with Gasteiger partial charge < -0.3 is 24.0 Å². The van der Waals surface area contributed by atoms with E-state index < -0.39 is 0 Å². The fourth-order valence-electron chi connectivity index (χ4n) is 4.09. The van der Waals surface area contributed by atoms with Crippen molar-refractivity contribution in [2.75, 3.05) is 47.5 Å². The molecule has 2 N–H and O–H groups in total. The Kier molecular flexibility index (Phi) is 6.18. The minimum Gasteiger partial charge on any atom is -0.493 e. The molecule has 0 bridgehead atoms. The molecule has 2 heterocycles. The second kappa shape index (κ2) is 8.98. The molecule has 3 aromatic rings. The molecule has 154 valence electrons. The van der Waals surface area contributed by atoms with Gasteiger partial charge in [-0.25, -0.2) is 4.98 Å². The molecule has 2 aromatic carbocycles. The predicted molar refractivity (Wildman–Crippen MR) is 115 cm³/mol. The number of thiazole rings is 1. The SMILES string of the molecule is COc1ccc(C[NH+]2CC[NH+](Cc3nc4ccccc4s3)CC2)c(OC)c1OC. The van der Waals surface area contributed by atoms with Crippen LogP contribution in [0.15, 0.2) is 36.4 Å². The lowest BCUT2D eigenvalue weighted by Gasteiger charge is -2.29. The highest BCUT2D eigenvalue weighted by Gasteiger charge is 2.26. The number of para-hydroxylation sites is 1. The molecule has 0 saturated carbocycles. The van der Waals surface area contributed by atoms with Crippen LogP contribution in [0.5, 0.6) is 17.2 Å². The van der Waals surface area contributed by atoms with Crippen molar-refractivity contribution in [3.8, 4) is 17.2 Å². The number of fused-ring (bicyclic) bond motifs is 1. The number of methoxy groups -OCH3 is 3. The number of rotatable bonds is 7. The van der Waals surface area contributed by atoms with Gasteiger partial charge in [0, 0.05) is 0 Å². The Balaban J connectivity index is 1.37. The molecule has 0 spiro atoms. The highest BCUT2D eigenvalue weighted by atomic mass is 32.1. The van der Waals surface area contributed by atoms with Crippen molar-refractivity contribution in [2.45, 2.75) is 13.1 Å². The second-order valence-corrected chi connectivity index (χ2v) is 8.54. The zero-order valence-corrected chi connectivity index (χ0v) is 18.1. The molecule has 0 unspecified atom stereocenters. The molecular formula is C22H29N3O3S+2. The number of benzene rings is 2. The van der Waals surface area contributed by atoms with Crippen LogP contribution in [-0.4, -0.2) is 52.5 Å². The van der Waals surface area contributed by atoms with Gasteiger partial charge in [0.15, 0.2) is 11.5 Å². The van der Waals surface area contributed by atoms with Crippen LogP contribution in [-0.2, 0) is 13.1 Å². The lowest BCUT2D eigenvalue weighted by molar-refractivity contribution is -1.02. The van der Waals surface area contributed by atoms with E-state index in [2.05, 4.69) is 30.3 Å². The molecule has 29 heavy (non-hydrogen) atoms. The third kappa shape index (κ3) is 4.32. The molecule has 6 nitrogen and oxygen atoms in total. The van der Waals surface area contributed by atoms with Crippen molar-refractivity contribution >= 4 is 21.6 Å². The first-order valence-corrected chi connectivity index (χ1v) is 10.8. The number of ether oxygens (including phenoxy) is 3. The topological polar surface area (TPSA) is 49.5 Å². The van der Waals surface area contributed by atoms with Crippen LogP contribution >= 0.6 is 11.3 Å². The molecule has 1 aliphatic rings. The summed E-state index contributed by atoms with van der Waals surface area (Å²) in [7, 11) is 4.99. The molecule has 1 saturated heterocycles. The number of nitrogens with one attached hydrogen (secondary N) is 2. The number of nitrogens with zero attached hydrogens (tertiary/aromatic N) is 1. The summed E-state index contributed by atoms with van der Waals surface area (Å²) >= 11 is 1.83. The highest BCUT2D eigenvalue weighted by Crippen LogP contribution is 2.39. The Morgan fingerprint density at radius 2 is 1.52 bits per heavy atom. The second-order valence-electron chi connectivity index (χ2n) is 7.42. The fraction of sp³-hybridized carbons (Fsp3) is 0.409. The van der Waals surface area contributed by atoms with Gasteiger partial charge in [-0.1, -0.05) is 12.1 Å². The van der Waals surface area contributed by atoms with Gasteiger partial charge >= 0.3 is 0 Å². The average Bonchev–Trinajstić information content (AvgIpc) is 3.17. The lowest BCUT2D eigenvalue weighted by atomic mass is 10.1. The van der Waals surface area contributed by atoms with Crippen LogP contribution in [0.4, 0.5) is 0 Å². The molecule has 0 atom stereocenters. The van der Waals surface area contributed by atoms with Crippen molar-refractivity contribution in [1.29, 1.82) is 0 Å². The molecule has 0 radical (unpaired) electrons. The van der Waals surface area contributed by atoms with E-state index in [1.807, 2.05) is 17.4 Å². The van der Waals surface area contributed by atoms with Crippen molar-refractivity contribution in [3.63, 3.8) is 0 Å². The first kappa shape index (κ1) is 19.9. The molecule has 1 aliphatic heterocycles. The van der Waals surface area contributed by atoms with Crippen LogP contribution < -0.4 is 24.0 Å². The maximum absolute atomic E-state index is 5.65. The molecule has 0 aliphatic carbocycles. The molecule has 0 amide bonds.